The number of carbonyl (C=O) groups excluding carboxylic acids is 2. The van der Waals surface area contributed by atoms with E-state index in [0.717, 1.165) is 37.8 Å². The number of hydrogen-bond donors (Lipinski definition) is 2. The molecular weight excluding hydrogens is 350 g/mol. The van der Waals surface area contributed by atoms with E-state index in [2.05, 4.69) is 10.6 Å². The van der Waals surface area contributed by atoms with Crippen LogP contribution in [0.2, 0.25) is 0 Å². The van der Waals surface area contributed by atoms with Gasteiger partial charge in [-0.25, -0.2) is 4.79 Å². The molecule has 2 heterocycles. The Kier molecular flexibility index (Phi) is 5.33. The molecule has 2 aromatic carbocycles. The normalized spacial score (nSPS) is 23.8. The average molecular weight is 377 g/mol. The van der Waals surface area contributed by atoms with Gasteiger partial charge in [-0.05, 0) is 63.3 Å². The molecule has 2 saturated heterocycles. The molecule has 2 N–H and O–H groups in total. The number of anilines is 1. The Hall–Kier alpha value is -2.82. The number of rotatable bonds is 3. The molecule has 0 spiro atoms. The third-order valence-electron chi connectivity index (χ3n) is 5.88. The molecule has 2 unspecified atom stereocenters. The maximum Gasteiger partial charge on any atom is 0.322 e. The minimum Gasteiger partial charge on any atom is -0.349 e. The van der Waals surface area contributed by atoms with E-state index in [0.29, 0.717) is 5.56 Å². The predicted octanol–water partition coefficient (Wildman–Crippen LogP) is 4.34. The van der Waals surface area contributed by atoms with Crippen molar-refractivity contribution in [2.75, 3.05) is 5.32 Å². The number of nitrogens with zero attached hydrogens (tertiary/aromatic N) is 1. The molecule has 2 aliphatic rings. The minimum absolute atomic E-state index is 0.0219. The topological polar surface area (TPSA) is 61.4 Å². The Balaban J connectivity index is 1.41. The fraction of sp³-hybridized carbons (Fsp3) is 0.391. The van der Waals surface area contributed by atoms with Crippen molar-refractivity contribution in [3.63, 3.8) is 0 Å². The zero-order valence-corrected chi connectivity index (χ0v) is 16.2. The Bertz CT molecular complexity index is 821. The van der Waals surface area contributed by atoms with Crippen LogP contribution in [0.15, 0.2) is 54.6 Å². The molecule has 0 aliphatic carbocycles. The lowest BCUT2D eigenvalue weighted by Crippen LogP contribution is -2.59. The quantitative estimate of drug-likeness (QED) is 0.836. The smallest absolute Gasteiger partial charge is 0.322 e. The van der Waals surface area contributed by atoms with Crippen LogP contribution in [0.4, 0.5) is 10.5 Å². The lowest BCUT2D eigenvalue weighted by atomic mass is 9.82. The Morgan fingerprint density at radius 3 is 2.21 bits per heavy atom. The Morgan fingerprint density at radius 1 is 0.929 bits per heavy atom. The molecule has 0 aromatic heterocycles. The first-order valence-corrected chi connectivity index (χ1v) is 10.1. The van der Waals surface area contributed by atoms with E-state index >= 15 is 0 Å². The predicted molar refractivity (Wildman–Crippen MR) is 110 cm³/mol. The summed E-state index contributed by atoms with van der Waals surface area (Å²) in [5.74, 6) is -0.0266. The number of hydrogen-bond acceptors (Lipinski definition) is 2. The molecule has 5 heteroatoms. The van der Waals surface area contributed by atoms with Gasteiger partial charge in [-0.3, -0.25) is 4.79 Å². The molecule has 0 radical (unpaired) electrons. The summed E-state index contributed by atoms with van der Waals surface area (Å²) < 4.78 is 0. The van der Waals surface area contributed by atoms with Gasteiger partial charge in [-0.2, -0.15) is 0 Å². The summed E-state index contributed by atoms with van der Waals surface area (Å²) in [6.07, 6.45) is 4.76. The van der Waals surface area contributed by atoms with E-state index in [1.807, 2.05) is 66.4 Å². The lowest BCUT2D eigenvalue weighted by Gasteiger charge is -2.48. The lowest BCUT2D eigenvalue weighted by molar-refractivity contribution is 0.0577. The van der Waals surface area contributed by atoms with Gasteiger partial charge in [0.1, 0.15) is 0 Å². The highest BCUT2D eigenvalue weighted by atomic mass is 16.2. The van der Waals surface area contributed by atoms with Crippen LogP contribution in [0, 0.1) is 6.92 Å². The number of carbonyl (C=O) groups is 2. The van der Waals surface area contributed by atoms with Crippen LogP contribution in [0.5, 0.6) is 0 Å². The van der Waals surface area contributed by atoms with Gasteiger partial charge in [-0.1, -0.05) is 35.9 Å². The summed E-state index contributed by atoms with van der Waals surface area (Å²) in [5.41, 5.74) is 2.69. The number of aryl methyl sites for hydroxylation is 1. The van der Waals surface area contributed by atoms with Crippen LogP contribution in [-0.2, 0) is 0 Å². The molecule has 5 nitrogen and oxygen atoms in total. The first-order valence-electron chi connectivity index (χ1n) is 10.1. The molecule has 2 fully saturated rings. The highest BCUT2D eigenvalue weighted by Gasteiger charge is 2.41. The fourth-order valence-corrected chi connectivity index (χ4v) is 4.51. The van der Waals surface area contributed by atoms with Gasteiger partial charge in [0.05, 0.1) is 0 Å². The largest absolute Gasteiger partial charge is 0.349 e. The third-order valence-corrected chi connectivity index (χ3v) is 5.88. The first kappa shape index (κ1) is 18.5. The molecular formula is C23H27N3O2. The minimum atomic E-state index is -0.0266. The SMILES string of the molecule is Cc1ccc(NC(=O)N2C3CCCC2CC(NC(=O)c2ccccc2)C3)cc1. The van der Waals surface area contributed by atoms with Crippen molar-refractivity contribution >= 4 is 17.6 Å². The highest BCUT2D eigenvalue weighted by molar-refractivity contribution is 5.94. The average Bonchev–Trinajstić information content (AvgIpc) is 2.69. The summed E-state index contributed by atoms with van der Waals surface area (Å²) in [6.45, 7) is 2.03. The zero-order chi connectivity index (χ0) is 19.5. The molecule has 146 valence electrons. The molecule has 4 rings (SSSR count). The standard InChI is InChI=1S/C23H27N3O2/c1-16-10-12-18(13-11-16)25-23(28)26-20-8-5-9-21(26)15-19(14-20)24-22(27)17-6-3-2-4-7-17/h2-4,6-7,10-13,19-21H,5,8-9,14-15H2,1H3,(H,24,27)(H,25,28). The molecule has 3 amide bonds. The molecule has 2 aromatic rings. The van der Waals surface area contributed by atoms with E-state index in [1.54, 1.807) is 0 Å². The van der Waals surface area contributed by atoms with E-state index in [9.17, 15) is 9.59 Å². The summed E-state index contributed by atoms with van der Waals surface area (Å²) >= 11 is 0. The number of nitrogens with one attached hydrogen (secondary N) is 2. The second-order valence-corrected chi connectivity index (χ2v) is 7.95. The number of benzene rings is 2. The van der Waals surface area contributed by atoms with Gasteiger partial charge in [0.15, 0.2) is 0 Å². The highest BCUT2D eigenvalue weighted by Crippen LogP contribution is 2.34. The van der Waals surface area contributed by atoms with Crippen molar-refractivity contribution < 1.29 is 9.59 Å². The van der Waals surface area contributed by atoms with Gasteiger partial charge < -0.3 is 15.5 Å². The van der Waals surface area contributed by atoms with Crippen LogP contribution >= 0.6 is 0 Å². The number of fused-ring (bicyclic) bond motifs is 2. The van der Waals surface area contributed by atoms with Gasteiger partial charge in [0, 0.05) is 29.4 Å². The Labute approximate surface area is 166 Å². The molecule has 28 heavy (non-hydrogen) atoms. The summed E-state index contributed by atoms with van der Waals surface area (Å²) in [4.78, 5) is 27.5. The zero-order valence-electron chi connectivity index (χ0n) is 16.2. The van der Waals surface area contributed by atoms with Crippen LogP contribution in [0.1, 0.15) is 48.0 Å². The second kappa shape index (κ2) is 8.05. The molecule has 2 atom stereocenters. The van der Waals surface area contributed by atoms with Crippen molar-refractivity contribution in [1.82, 2.24) is 10.2 Å². The Morgan fingerprint density at radius 2 is 1.57 bits per heavy atom. The summed E-state index contributed by atoms with van der Waals surface area (Å²) in [5, 5.41) is 6.23. The van der Waals surface area contributed by atoms with E-state index in [1.165, 1.54) is 5.56 Å². The first-order chi connectivity index (χ1) is 13.6. The van der Waals surface area contributed by atoms with Crippen LogP contribution in [0.3, 0.4) is 0 Å². The summed E-state index contributed by atoms with van der Waals surface area (Å²) in [6, 6.07) is 17.7. The van der Waals surface area contributed by atoms with Crippen molar-refractivity contribution in [1.29, 1.82) is 0 Å². The van der Waals surface area contributed by atoms with Gasteiger partial charge in [0.25, 0.3) is 5.91 Å². The van der Waals surface area contributed by atoms with Gasteiger partial charge in [-0.15, -0.1) is 0 Å². The van der Waals surface area contributed by atoms with Crippen LogP contribution < -0.4 is 10.6 Å². The van der Waals surface area contributed by atoms with Crippen molar-refractivity contribution in [3.8, 4) is 0 Å². The van der Waals surface area contributed by atoms with Crippen LogP contribution in [0.25, 0.3) is 0 Å². The van der Waals surface area contributed by atoms with Crippen molar-refractivity contribution in [2.45, 2.75) is 57.2 Å². The number of urea groups is 1. The monoisotopic (exact) mass is 377 g/mol. The van der Waals surface area contributed by atoms with Crippen molar-refractivity contribution in [2.24, 2.45) is 0 Å². The maximum absolute atomic E-state index is 12.9. The molecule has 0 saturated carbocycles. The second-order valence-electron chi connectivity index (χ2n) is 7.95. The van der Waals surface area contributed by atoms with Crippen LogP contribution in [-0.4, -0.2) is 35.0 Å². The van der Waals surface area contributed by atoms with E-state index in [4.69, 9.17) is 0 Å². The van der Waals surface area contributed by atoms with Crippen molar-refractivity contribution in [3.05, 3.63) is 65.7 Å². The number of piperidine rings is 2. The molecule has 2 bridgehead atoms. The van der Waals surface area contributed by atoms with Gasteiger partial charge >= 0.3 is 6.03 Å². The molecule has 2 aliphatic heterocycles. The summed E-state index contributed by atoms with van der Waals surface area (Å²) in [7, 11) is 0. The maximum atomic E-state index is 12.9. The number of amides is 3. The van der Waals surface area contributed by atoms with Gasteiger partial charge in [0.2, 0.25) is 0 Å². The van der Waals surface area contributed by atoms with E-state index < -0.39 is 0 Å². The third kappa shape index (κ3) is 4.03. The van der Waals surface area contributed by atoms with E-state index in [-0.39, 0.29) is 30.1 Å². The fourth-order valence-electron chi connectivity index (χ4n) is 4.51.